The number of hydrogen-bond acceptors (Lipinski definition) is 2. The van der Waals surface area contributed by atoms with Gasteiger partial charge in [0.05, 0.1) is 10.1 Å². The SMILES string of the molecule is CC.Cc1ccc(S(=O)(=O)C2CCCCC2C)cc1. The van der Waals surface area contributed by atoms with Crippen LogP contribution in [0, 0.1) is 12.8 Å². The highest BCUT2D eigenvalue weighted by molar-refractivity contribution is 7.92. The summed E-state index contributed by atoms with van der Waals surface area (Å²) >= 11 is 0. The lowest BCUT2D eigenvalue weighted by Gasteiger charge is -2.28. The summed E-state index contributed by atoms with van der Waals surface area (Å²) in [5, 5.41) is -0.182. The van der Waals surface area contributed by atoms with Crippen molar-refractivity contribution in [2.24, 2.45) is 5.92 Å². The molecule has 0 aliphatic heterocycles. The van der Waals surface area contributed by atoms with Gasteiger partial charge in [0.2, 0.25) is 0 Å². The zero-order chi connectivity index (χ0) is 14.5. The molecule has 2 nitrogen and oxygen atoms in total. The molecule has 19 heavy (non-hydrogen) atoms. The van der Waals surface area contributed by atoms with Crippen LogP contribution in [0.15, 0.2) is 29.2 Å². The van der Waals surface area contributed by atoms with Crippen molar-refractivity contribution in [2.75, 3.05) is 0 Å². The Bertz CT molecular complexity index is 474. The Balaban J connectivity index is 0.000000861. The minimum Gasteiger partial charge on any atom is -0.223 e. The van der Waals surface area contributed by atoms with E-state index in [-0.39, 0.29) is 11.2 Å². The van der Waals surface area contributed by atoms with Crippen LogP contribution < -0.4 is 0 Å². The van der Waals surface area contributed by atoms with E-state index in [9.17, 15) is 8.42 Å². The normalized spacial score (nSPS) is 23.4. The first-order valence-corrected chi connectivity index (χ1v) is 8.87. The van der Waals surface area contributed by atoms with Gasteiger partial charge >= 0.3 is 0 Å². The van der Waals surface area contributed by atoms with Crippen LogP contribution in [0.4, 0.5) is 0 Å². The molecule has 0 bridgehead atoms. The Morgan fingerprint density at radius 3 is 2.05 bits per heavy atom. The van der Waals surface area contributed by atoms with Crippen LogP contribution in [-0.2, 0) is 9.84 Å². The number of aryl methyl sites for hydroxylation is 1. The number of hydrogen-bond donors (Lipinski definition) is 0. The monoisotopic (exact) mass is 282 g/mol. The maximum atomic E-state index is 12.5. The first-order chi connectivity index (χ1) is 9.01. The molecular formula is C16H26O2S. The molecule has 3 heteroatoms. The van der Waals surface area contributed by atoms with Crippen molar-refractivity contribution < 1.29 is 8.42 Å². The molecule has 2 atom stereocenters. The van der Waals surface area contributed by atoms with Gasteiger partial charge in [-0.1, -0.05) is 51.3 Å². The standard InChI is InChI=1S/C14H20O2S.C2H6/c1-11-7-9-13(10-8-11)17(15,16)14-6-4-3-5-12(14)2;1-2/h7-10,12,14H,3-6H2,1-2H3;1-2H3. The maximum absolute atomic E-state index is 12.5. The first kappa shape index (κ1) is 16.2. The van der Waals surface area contributed by atoms with Crippen molar-refractivity contribution in [1.29, 1.82) is 0 Å². The second kappa shape index (κ2) is 7.09. The fourth-order valence-corrected chi connectivity index (χ4v) is 4.74. The molecule has 0 N–H and O–H groups in total. The topological polar surface area (TPSA) is 34.1 Å². The zero-order valence-corrected chi connectivity index (χ0v) is 13.3. The van der Waals surface area contributed by atoms with Gasteiger partial charge in [-0.15, -0.1) is 0 Å². The third-order valence-corrected chi connectivity index (χ3v) is 6.21. The summed E-state index contributed by atoms with van der Waals surface area (Å²) in [7, 11) is -3.13. The van der Waals surface area contributed by atoms with Gasteiger partial charge in [0.15, 0.2) is 9.84 Å². The zero-order valence-electron chi connectivity index (χ0n) is 12.5. The van der Waals surface area contributed by atoms with Crippen molar-refractivity contribution in [3.63, 3.8) is 0 Å². The summed E-state index contributed by atoms with van der Waals surface area (Å²) in [5.74, 6) is 0.287. The van der Waals surface area contributed by atoms with Crippen molar-refractivity contribution in [1.82, 2.24) is 0 Å². The van der Waals surface area contributed by atoms with Gasteiger partial charge in [0.25, 0.3) is 0 Å². The van der Waals surface area contributed by atoms with E-state index in [1.54, 1.807) is 12.1 Å². The van der Waals surface area contributed by atoms with E-state index < -0.39 is 9.84 Å². The van der Waals surface area contributed by atoms with Gasteiger partial charge < -0.3 is 0 Å². The van der Waals surface area contributed by atoms with E-state index in [1.807, 2.05) is 32.9 Å². The first-order valence-electron chi connectivity index (χ1n) is 7.32. The highest BCUT2D eigenvalue weighted by atomic mass is 32.2. The van der Waals surface area contributed by atoms with E-state index in [0.29, 0.717) is 4.90 Å². The molecule has 1 aromatic carbocycles. The smallest absolute Gasteiger partial charge is 0.181 e. The molecule has 1 fully saturated rings. The molecule has 0 amide bonds. The fourth-order valence-electron chi connectivity index (χ4n) is 2.65. The van der Waals surface area contributed by atoms with Gasteiger partial charge in [-0.3, -0.25) is 0 Å². The second-order valence-corrected chi connectivity index (χ2v) is 7.33. The molecule has 2 unspecified atom stereocenters. The van der Waals surface area contributed by atoms with Crippen molar-refractivity contribution in [3.8, 4) is 0 Å². The average molecular weight is 282 g/mol. The Kier molecular flexibility index (Phi) is 6.05. The van der Waals surface area contributed by atoms with Crippen LogP contribution in [-0.4, -0.2) is 13.7 Å². The van der Waals surface area contributed by atoms with E-state index in [1.165, 1.54) is 6.42 Å². The molecule has 0 radical (unpaired) electrons. The minimum atomic E-state index is -3.13. The lowest BCUT2D eigenvalue weighted by Crippen LogP contribution is -2.31. The highest BCUT2D eigenvalue weighted by Gasteiger charge is 2.33. The largest absolute Gasteiger partial charge is 0.223 e. The molecule has 1 aliphatic carbocycles. The summed E-state index contributed by atoms with van der Waals surface area (Å²) in [6.07, 6.45) is 4.06. The predicted molar refractivity (Wildman–Crippen MR) is 81.1 cm³/mol. The summed E-state index contributed by atoms with van der Waals surface area (Å²) in [6, 6.07) is 7.23. The average Bonchev–Trinajstić information content (AvgIpc) is 2.42. The van der Waals surface area contributed by atoms with Gasteiger partial charge in [-0.25, -0.2) is 8.42 Å². The molecule has 108 valence electrons. The molecular weight excluding hydrogens is 256 g/mol. The van der Waals surface area contributed by atoms with Crippen LogP contribution in [0.3, 0.4) is 0 Å². The van der Waals surface area contributed by atoms with Crippen LogP contribution in [0.1, 0.15) is 52.0 Å². The second-order valence-electron chi connectivity index (χ2n) is 5.16. The van der Waals surface area contributed by atoms with Crippen LogP contribution in [0.2, 0.25) is 0 Å². The third kappa shape index (κ3) is 3.82. The maximum Gasteiger partial charge on any atom is 0.181 e. The summed E-state index contributed by atoms with van der Waals surface area (Å²) in [6.45, 7) is 8.04. The van der Waals surface area contributed by atoms with Crippen molar-refractivity contribution in [3.05, 3.63) is 29.8 Å². The fraction of sp³-hybridized carbons (Fsp3) is 0.625. The molecule has 1 aliphatic rings. The molecule has 0 heterocycles. The molecule has 0 spiro atoms. The lowest BCUT2D eigenvalue weighted by atomic mass is 9.90. The minimum absolute atomic E-state index is 0.182. The Morgan fingerprint density at radius 2 is 1.53 bits per heavy atom. The third-order valence-electron chi connectivity index (χ3n) is 3.78. The summed E-state index contributed by atoms with van der Waals surface area (Å²) < 4.78 is 25.0. The lowest BCUT2D eigenvalue weighted by molar-refractivity contribution is 0.381. The molecule has 1 saturated carbocycles. The number of sulfone groups is 1. The Morgan fingerprint density at radius 1 is 1.00 bits per heavy atom. The van der Waals surface area contributed by atoms with Gasteiger partial charge in [0.1, 0.15) is 0 Å². The van der Waals surface area contributed by atoms with E-state index in [2.05, 4.69) is 6.92 Å². The number of benzene rings is 1. The van der Waals surface area contributed by atoms with E-state index >= 15 is 0 Å². The van der Waals surface area contributed by atoms with Crippen LogP contribution in [0.5, 0.6) is 0 Å². The quantitative estimate of drug-likeness (QED) is 0.807. The Hall–Kier alpha value is -0.830. The Labute approximate surface area is 118 Å². The highest BCUT2D eigenvalue weighted by Crippen LogP contribution is 2.32. The van der Waals surface area contributed by atoms with E-state index in [4.69, 9.17) is 0 Å². The predicted octanol–water partition coefficient (Wildman–Crippen LogP) is 4.37. The van der Waals surface area contributed by atoms with Crippen LogP contribution >= 0.6 is 0 Å². The molecule has 0 saturated heterocycles. The van der Waals surface area contributed by atoms with Gasteiger partial charge in [0, 0.05) is 0 Å². The summed E-state index contributed by atoms with van der Waals surface area (Å²) in [5.41, 5.74) is 1.10. The molecule has 1 aromatic rings. The number of rotatable bonds is 2. The molecule has 2 rings (SSSR count). The van der Waals surface area contributed by atoms with Crippen molar-refractivity contribution in [2.45, 2.75) is 63.5 Å². The van der Waals surface area contributed by atoms with E-state index in [0.717, 1.165) is 24.8 Å². The van der Waals surface area contributed by atoms with Gasteiger partial charge in [-0.05, 0) is 37.8 Å². The van der Waals surface area contributed by atoms with Crippen LogP contribution in [0.25, 0.3) is 0 Å². The summed E-state index contributed by atoms with van der Waals surface area (Å²) in [4.78, 5) is 0.488. The molecule has 0 aromatic heterocycles. The van der Waals surface area contributed by atoms with Gasteiger partial charge in [-0.2, -0.15) is 0 Å². The van der Waals surface area contributed by atoms with Crippen molar-refractivity contribution >= 4 is 9.84 Å².